The molecule has 0 saturated carbocycles. The fraction of sp³-hybridized carbons (Fsp3) is 0.808. The highest BCUT2D eigenvalue weighted by atomic mass is 16.1. The summed E-state index contributed by atoms with van der Waals surface area (Å²) < 4.78 is 0. The van der Waals surface area contributed by atoms with Crippen LogP contribution in [0, 0.1) is 0 Å². The summed E-state index contributed by atoms with van der Waals surface area (Å²) in [5.74, 6) is 0. The highest BCUT2D eigenvalue weighted by molar-refractivity contribution is 5.50. The second-order valence-electron chi connectivity index (χ2n) is 7.95. The number of allylic oxidation sites excluding steroid dienone is 4. The Morgan fingerprint density at radius 1 is 0.519 bits per heavy atom. The Balaban J connectivity index is 3.10. The summed E-state index contributed by atoms with van der Waals surface area (Å²) in [4.78, 5) is 10.1. The molecule has 0 heterocycles. The standard InChI is InChI=1S/C26H47O/c1-2-3-4-5-6-7-8-9-10-11-12-13-14-15-16-17-18-19-20-21-22-23-24-25-26-27/h6-7,9-10H,2-5,8,11-25H2,1H3/b7-6+,10-9+. The summed E-state index contributed by atoms with van der Waals surface area (Å²) in [6.07, 6.45) is 37.1. The maximum absolute atomic E-state index is 10.1. The van der Waals surface area contributed by atoms with Crippen LogP contribution in [0.15, 0.2) is 24.3 Å². The Labute approximate surface area is 171 Å². The minimum Gasteiger partial charge on any atom is -0.291 e. The average molecular weight is 376 g/mol. The smallest absolute Gasteiger partial charge is 0.198 e. The molecule has 0 aliphatic heterocycles. The van der Waals surface area contributed by atoms with Gasteiger partial charge >= 0.3 is 0 Å². The molecule has 0 atom stereocenters. The van der Waals surface area contributed by atoms with Gasteiger partial charge in [-0.2, -0.15) is 0 Å². The third-order valence-electron chi connectivity index (χ3n) is 5.23. The minimum absolute atomic E-state index is 0.632. The van der Waals surface area contributed by atoms with Gasteiger partial charge in [-0.15, -0.1) is 0 Å². The van der Waals surface area contributed by atoms with Crippen LogP contribution in [0.4, 0.5) is 0 Å². The van der Waals surface area contributed by atoms with Gasteiger partial charge in [-0.25, -0.2) is 0 Å². The van der Waals surface area contributed by atoms with E-state index in [4.69, 9.17) is 0 Å². The third-order valence-corrected chi connectivity index (χ3v) is 5.23. The van der Waals surface area contributed by atoms with Crippen molar-refractivity contribution in [3.05, 3.63) is 24.3 Å². The predicted octanol–water partition coefficient (Wildman–Crippen LogP) is 9.03. The van der Waals surface area contributed by atoms with Gasteiger partial charge in [0, 0.05) is 6.42 Å². The molecule has 0 aromatic heterocycles. The average Bonchev–Trinajstić information content (AvgIpc) is 2.68. The Hall–Kier alpha value is -0.850. The highest BCUT2D eigenvalue weighted by Gasteiger charge is 1.94. The Morgan fingerprint density at radius 2 is 0.926 bits per heavy atom. The molecule has 1 nitrogen and oxygen atoms in total. The van der Waals surface area contributed by atoms with E-state index in [-0.39, 0.29) is 0 Å². The molecular formula is C26H47O. The molecule has 0 amide bonds. The Bertz CT molecular complexity index is 329. The zero-order valence-corrected chi connectivity index (χ0v) is 18.4. The Kier molecular flexibility index (Phi) is 24.4. The topological polar surface area (TPSA) is 17.1 Å². The first-order valence-corrected chi connectivity index (χ1v) is 12.1. The molecule has 0 aromatic rings. The van der Waals surface area contributed by atoms with E-state index in [0.29, 0.717) is 6.42 Å². The number of hydrogen-bond donors (Lipinski definition) is 0. The molecule has 0 fully saturated rings. The fourth-order valence-electron chi connectivity index (χ4n) is 3.42. The van der Waals surface area contributed by atoms with Crippen LogP contribution in [0.2, 0.25) is 0 Å². The summed E-state index contributed by atoms with van der Waals surface area (Å²) in [5.41, 5.74) is 0. The van der Waals surface area contributed by atoms with E-state index in [1.165, 1.54) is 109 Å². The monoisotopic (exact) mass is 375 g/mol. The lowest BCUT2D eigenvalue weighted by atomic mass is 10.0. The number of hydrogen-bond acceptors (Lipinski definition) is 1. The van der Waals surface area contributed by atoms with E-state index in [2.05, 4.69) is 31.2 Å². The maximum Gasteiger partial charge on any atom is 0.198 e. The molecule has 0 unspecified atom stereocenters. The Morgan fingerprint density at radius 3 is 1.37 bits per heavy atom. The quantitative estimate of drug-likeness (QED) is 0.136. The van der Waals surface area contributed by atoms with Crippen molar-refractivity contribution < 1.29 is 4.79 Å². The number of carbonyl (C=O) groups excluding carboxylic acids is 1. The normalized spacial score (nSPS) is 11.7. The van der Waals surface area contributed by atoms with Gasteiger partial charge in [0.05, 0.1) is 0 Å². The van der Waals surface area contributed by atoms with Crippen LogP contribution in [0.3, 0.4) is 0 Å². The molecule has 0 aromatic carbocycles. The third kappa shape index (κ3) is 25.2. The second kappa shape index (κ2) is 25.1. The first-order chi connectivity index (χ1) is 13.4. The van der Waals surface area contributed by atoms with E-state index in [1.54, 1.807) is 0 Å². The SMILES string of the molecule is CCCCC/C=C/C/C=C/CCCCCCCCCCCCCCC[C]=O. The van der Waals surface area contributed by atoms with Gasteiger partial charge < -0.3 is 0 Å². The van der Waals surface area contributed by atoms with E-state index in [0.717, 1.165) is 12.8 Å². The largest absolute Gasteiger partial charge is 0.291 e. The first-order valence-electron chi connectivity index (χ1n) is 12.1. The van der Waals surface area contributed by atoms with Crippen LogP contribution in [0.5, 0.6) is 0 Å². The van der Waals surface area contributed by atoms with Crippen LogP contribution in [0.1, 0.15) is 135 Å². The lowest BCUT2D eigenvalue weighted by Gasteiger charge is -2.02. The molecule has 27 heavy (non-hydrogen) atoms. The van der Waals surface area contributed by atoms with Crippen molar-refractivity contribution in [2.45, 2.75) is 135 Å². The van der Waals surface area contributed by atoms with E-state index in [1.807, 2.05) is 6.29 Å². The number of unbranched alkanes of at least 4 members (excludes halogenated alkanes) is 17. The summed E-state index contributed by atoms with van der Waals surface area (Å²) >= 11 is 0. The van der Waals surface area contributed by atoms with Crippen molar-refractivity contribution in [3.63, 3.8) is 0 Å². The molecule has 0 rings (SSSR count). The fourth-order valence-corrected chi connectivity index (χ4v) is 3.42. The lowest BCUT2D eigenvalue weighted by Crippen LogP contribution is -1.83. The van der Waals surface area contributed by atoms with Crippen LogP contribution in [-0.2, 0) is 4.79 Å². The van der Waals surface area contributed by atoms with Crippen molar-refractivity contribution in [1.29, 1.82) is 0 Å². The van der Waals surface area contributed by atoms with Gasteiger partial charge in [-0.3, -0.25) is 4.79 Å². The highest BCUT2D eigenvalue weighted by Crippen LogP contribution is 2.13. The maximum atomic E-state index is 10.1. The zero-order chi connectivity index (χ0) is 19.7. The molecule has 0 saturated heterocycles. The minimum atomic E-state index is 0.632. The van der Waals surface area contributed by atoms with Gasteiger partial charge in [0.15, 0.2) is 6.29 Å². The molecule has 0 spiro atoms. The molecule has 1 heteroatoms. The van der Waals surface area contributed by atoms with E-state index >= 15 is 0 Å². The van der Waals surface area contributed by atoms with Crippen molar-refractivity contribution >= 4 is 6.29 Å². The van der Waals surface area contributed by atoms with Crippen molar-refractivity contribution in [2.75, 3.05) is 0 Å². The van der Waals surface area contributed by atoms with Gasteiger partial charge in [0.25, 0.3) is 0 Å². The van der Waals surface area contributed by atoms with Crippen LogP contribution in [-0.4, -0.2) is 6.29 Å². The number of rotatable bonds is 22. The van der Waals surface area contributed by atoms with E-state index < -0.39 is 0 Å². The predicted molar refractivity (Wildman–Crippen MR) is 122 cm³/mol. The second-order valence-corrected chi connectivity index (χ2v) is 7.95. The van der Waals surface area contributed by atoms with Crippen molar-refractivity contribution in [3.8, 4) is 0 Å². The van der Waals surface area contributed by atoms with Gasteiger partial charge in [-0.05, 0) is 38.5 Å². The molecule has 1 radical (unpaired) electrons. The van der Waals surface area contributed by atoms with Crippen LogP contribution >= 0.6 is 0 Å². The molecular weight excluding hydrogens is 328 g/mol. The van der Waals surface area contributed by atoms with Crippen molar-refractivity contribution in [1.82, 2.24) is 0 Å². The van der Waals surface area contributed by atoms with Gasteiger partial charge in [-0.1, -0.05) is 115 Å². The van der Waals surface area contributed by atoms with Crippen LogP contribution in [0.25, 0.3) is 0 Å². The van der Waals surface area contributed by atoms with E-state index in [9.17, 15) is 4.79 Å². The zero-order valence-electron chi connectivity index (χ0n) is 18.4. The summed E-state index contributed by atoms with van der Waals surface area (Å²) in [5, 5.41) is 0. The van der Waals surface area contributed by atoms with Crippen LogP contribution < -0.4 is 0 Å². The summed E-state index contributed by atoms with van der Waals surface area (Å²) in [6.45, 7) is 2.26. The van der Waals surface area contributed by atoms with Crippen molar-refractivity contribution in [2.24, 2.45) is 0 Å². The van der Waals surface area contributed by atoms with Gasteiger partial charge in [0.2, 0.25) is 0 Å². The molecule has 0 aliphatic carbocycles. The molecule has 0 aliphatic rings. The summed E-state index contributed by atoms with van der Waals surface area (Å²) in [7, 11) is 0. The molecule has 0 bridgehead atoms. The molecule has 157 valence electrons. The molecule has 0 N–H and O–H groups in total. The first kappa shape index (κ1) is 26.1. The summed E-state index contributed by atoms with van der Waals surface area (Å²) in [6, 6.07) is 0. The lowest BCUT2D eigenvalue weighted by molar-refractivity contribution is 0.530. The van der Waals surface area contributed by atoms with Gasteiger partial charge in [0.1, 0.15) is 0 Å².